The van der Waals surface area contributed by atoms with E-state index >= 15 is 0 Å². The summed E-state index contributed by atoms with van der Waals surface area (Å²) in [6, 6.07) is 7.00. The van der Waals surface area contributed by atoms with Crippen molar-refractivity contribution in [1.82, 2.24) is 0 Å². The molecule has 0 radical (unpaired) electrons. The van der Waals surface area contributed by atoms with Crippen molar-refractivity contribution in [3.8, 4) is 0 Å². The van der Waals surface area contributed by atoms with Gasteiger partial charge in [0, 0.05) is 12.1 Å². The van der Waals surface area contributed by atoms with Gasteiger partial charge in [0.2, 0.25) is 5.91 Å². The van der Waals surface area contributed by atoms with Crippen LogP contribution in [0.15, 0.2) is 24.3 Å². The molecule has 0 aliphatic rings. The van der Waals surface area contributed by atoms with Crippen LogP contribution in [0, 0.1) is 0 Å². The lowest BCUT2D eigenvalue weighted by atomic mass is 10.2. The predicted molar refractivity (Wildman–Crippen MR) is 59.7 cm³/mol. The number of benzene rings is 1. The molecule has 5 nitrogen and oxygen atoms in total. The monoisotopic (exact) mass is 222 g/mol. The van der Waals surface area contributed by atoms with Crippen LogP contribution in [0.4, 0.5) is 10.5 Å². The Morgan fingerprint density at radius 3 is 2.44 bits per heavy atom. The topological polar surface area (TPSA) is 81.4 Å². The summed E-state index contributed by atoms with van der Waals surface area (Å²) in [5.74, 6) is -0.0406. The fourth-order valence-corrected chi connectivity index (χ4v) is 1.09. The first-order chi connectivity index (χ1) is 7.61. The highest BCUT2D eigenvalue weighted by Crippen LogP contribution is 2.10. The Balaban J connectivity index is 2.54. The normalized spacial score (nSPS) is 9.56. The van der Waals surface area contributed by atoms with Crippen LogP contribution in [0.2, 0.25) is 0 Å². The largest absolute Gasteiger partial charge is 0.445 e. The minimum atomic E-state index is -0.802. The number of hydrogen-bond donors (Lipinski definition) is 2. The number of carbonyl (C=O) groups excluding carboxylic acids is 2. The molecule has 1 aromatic carbocycles. The number of anilines is 1. The van der Waals surface area contributed by atoms with E-state index < -0.39 is 6.09 Å². The van der Waals surface area contributed by atoms with E-state index in [2.05, 4.69) is 10.1 Å². The summed E-state index contributed by atoms with van der Waals surface area (Å²) in [5, 5.41) is 2.71. The van der Waals surface area contributed by atoms with Crippen molar-refractivity contribution in [2.24, 2.45) is 5.73 Å². The lowest BCUT2D eigenvalue weighted by molar-refractivity contribution is -0.115. The van der Waals surface area contributed by atoms with Gasteiger partial charge >= 0.3 is 6.09 Å². The maximum absolute atomic E-state index is 11.1. The third-order valence-corrected chi connectivity index (χ3v) is 1.94. The molecule has 5 heteroatoms. The molecule has 0 heterocycles. The number of primary amides is 1. The van der Waals surface area contributed by atoms with E-state index in [1.807, 2.05) is 0 Å². The van der Waals surface area contributed by atoms with Gasteiger partial charge in [0.05, 0.1) is 0 Å². The summed E-state index contributed by atoms with van der Waals surface area (Å²) < 4.78 is 4.62. The first kappa shape index (κ1) is 12.0. The van der Waals surface area contributed by atoms with Gasteiger partial charge in [-0.05, 0) is 17.7 Å². The van der Waals surface area contributed by atoms with E-state index in [0.717, 1.165) is 11.3 Å². The number of carbonyl (C=O) groups is 2. The molecule has 2 amide bonds. The Morgan fingerprint density at radius 1 is 1.31 bits per heavy atom. The Labute approximate surface area is 93.6 Å². The van der Waals surface area contributed by atoms with Crippen molar-refractivity contribution in [3.63, 3.8) is 0 Å². The van der Waals surface area contributed by atoms with Crippen molar-refractivity contribution >= 4 is 17.7 Å². The van der Waals surface area contributed by atoms with E-state index in [1.54, 1.807) is 31.2 Å². The standard InChI is InChI=1S/C11H14N2O3/c1-2-10(14)13-9-5-3-8(4-6-9)7-16-11(12)15/h3-6H,2,7H2,1H3,(H2,12,15)(H,13,14). The van der Waals surface area contributed by atoms with E-state index in [9.17, 15) is 9.59 Å². The molecule has 16 heavy (non-hydrogen) atoms. The third-order valence-electron chi connectivity index (χ3n) is 1.94. The lowest BCUT2D eigenvalue weighted by Gasteiger charge is -2.05. The molecule has 0 bridgehead atoms. The van der Waals surface area contributed by atoms with Crippen LogP contribution in [0.1, 0.15) is 18.9 Å². The number of hydrogen-bond acceptors (Lipinski definition) is 3. The molecule has 0 aliphatic carbocycles. The van der Waals surface area contributed by atoms with Crippen molar-refractivity contribution in [2.75, 3.05) is 5.32 Å². The van der Waals surface area contributed by atoms with Crippen molar-refractivity contribution in [2.45, 2.75) is 20.0 Å². The quantitative estimate of drug-likeness (QED) is 0.812. The molecule has 0 fully saturated rings. The zero-order valence-corrected chi connectivity index (χ0v) is 9.03. The van der Waals surface area contributed by atoms with Gasteiger partial charge < -0.3 is 15.8 Å². The summed E-state index contributed by atoms with van der Waals surface area (Å²) in [7, 11) is 0. The third kappa shape index (κ3) is 4.00. The average molecular weight is 222 g/mol. The summed E-state index contributed by atoms with van der Waals surface area (Å²) in [4.78, 5) is 21.5. The molecular formula is C11H14N2O3. The lowest BCUT2D eigenvalue weighted by Crippen LogP contribution is -2.12. The van der Waals surface area contributed by atoms with Gasteiger partial charge in [0.25, 0.3) is 0 Å². The second-order valence-corrected chi connectivity index (χ2v) is 3.21. The van der Waals surface area contributed by atoms with Crippen LogP contribution in [0.25, 0.3) is 0 Å². The van der Waals surface area contributed by atoms with Crippen molar-refractivity contribution in [1.29, 1.82) is 0 Å². The average Bonchev–Trinajstić information content (AvgIpc) is 2.28. The van der Waals surface area contributed by atoms with Crippen LogP contribution in [0.3, 0.4) is 0 Å². The Hall–Kier alpha value is -2.04. The van der Waals surface area contributed by atoms with Gasteiger partial charge in [-0.1, -0.05) is 19.1 Å². The molecule has 0 atom stereocenters. The molecule has 0 saturated carbocycles. The first-order valence-electron chi connectivity index (χ1n) is 4.93. The number of nitrogens with one attached hydrogen (secondary N) is 1. The van der Waals surface area contributed by atoms with Crippen LogP contribution in [0.5, 0.6) is 0 Å². The van der Waals surface area contributed by atoms with Crippen LogP contribution >= 0.6 is 0 Å². The van der Waals surface area contributed by atoms with E-state index in [0.29, 0.717) is 6.42 Å². The van der Waals surface area contributed by atoms with Gasteiger partial charge in [0.15, 0.2) is 0 Å². The molecule has 0 spiro atoms. The first-order valence-corrected chi connectivity index (χ1v) is 4.93. The minimum Gasteiger partial charge on any atom is -0.445 e. The molecule has 3 N–H and O–H groups in total. The second-order valence-electron chi connectivity index (χ2n) is 3.21. The Kier molecular flexibility index (Phi) is 4.32. The number of rotatable bonds is 4. The SMILES string of the molecule is CCC(=O)Nc1ccc(COC(N)=O)cc1. The highest BCUT2D eigenvalue weighted by molar-refractivity contribution is 5.90. The van der Waals surface area contributed by atoms with Gasteiger partial charge in [-0.25, -0.2) is 4.79 Å². The van der Waals surface area contributed by atoms with Crippen LogP contribution in [-0.4, -0.2) is 12.0 Å². The zero-order valence-electron chi connectivity index (χ0n) is 9.03. The maximum atomic E-state index is 11.1. The summed E-state index contributed by atoms with van der Waals surface area (Å²) >= 11 is 0. The molecule has 0 aromatic heterocycles. The molecular weight excluding hydrogens is 208 g/mol. The van der Waals surface area contributed by atoms with Gasteiger partial charge in [0.1, 0.15) is 6.61 Å². The van der Waals surface area contributed by atoms with Crippen molar-refractivity contribution in [3.05, 3.63) is 29.8 Å². The van der Waals surface area contributed by atoms with E-state index in [4.69, 9.17) is 5.73 Å². The zero-order chi connectivity index (χ0) is 12.0. The highest BCUT2D eigenvalue weighted by Gasteiger charge is 2.00. The molecule has 0 saturated heterocycles. The Bertz CT molecular complexity index is 373. The minimum absolute atomic E-state index is 0.0406. The smallest absolute Gasteiger partial charge is 0.404 e. The fraction of sp³-hybridized carbons (Fsp3) is 0.273. The maximum Gasteiger partial charge on any atom is 0.404 e. The van der Waals surface area contributed by atoms with E-state index in [-0.39, 0.29) is 12.5 Å². The molecule has 86 valence electrons. The number of nitrogens with two attached hydrogens (primary N) is 1. The van der Waals surface area contributed by atoms with Crippen LogP contribution < -0.4 is 11.1 Å². The second kappa shape index (κ2) is 5.75. The predicted octanol–water partition coefficient (Wildman–Crippen LogP) is 1.63. The van der Waals surface area contributed by atoms with Gasteiger partial charge in [-0.2, -0.15) is 0 Å². The van der Waals surface area contributed by atoms with Crippen molar-refractivity contribution < 1.29 is 14.3 Å². The van der Waals surface area contributed by atoms with Crippen LogP contribution in [-0.2, 0) is 16.1 Å². The fourth-order valence-electron chi connectivity index (χ4n) is 1.09. The molecule has 0 unspecified atom stereocenters. The number of ether oxygens (including phenoxy) is 1. The van der Waals surface area contributed by atoms with Gasteiger partial charge in [-0.3, -0.25) is 4.79 Å². The Morgan fingerprint density at radius 2 is 1.94 bits per heavy atom. The van der Waals surface area contributed by atoms with E-state index in [1.165, 1.54) is 0 Å². The number of amides is 2. The summed E-state index contributed by atoms with van der Waals surface area (Å²) in [6.45, 7) is 1.92. The van der Waals surface area contributed by atoms with Gasteiger partial charge in [-0.15, -0.1) is 0 Å². The molecule has 1 rings (SSSR count). The highest BCUT2D eigenvalue weighted by atomic mass is 16.5. The summed E-state index contributed by atoms with van der Waals surface area (Å²) in [5.41, 5.74) is 6.37. The molecule has 1 aromatic rings. The molecule has 0 aliphatic heterocycles. The summed E-state index contributed by atoms with van der Waals surface area (Å²) in [6.07, 6.45) is -0.365.